The second-order valence-electron chi connectivity index (χ2n) is 3.00. The number of hydrogen-bond acceptors (Lipinski definition) is 3. The van der Waals surface area contributed by atoms with Crippen LogP contribution in [0, 0.1) is 13.8 Å². The Morgan fingerprint density at radius 3 is 2.77 bits per heavy atom. The third-order valence-corrected chi connectivity index (χ3v) is 1.87. The fraction of sp³-hybridized carbons (Fsp3) is 0.200. The molecule has 3 heteroatoms. The van der Waals surface area contributed by atoms with Crippen molar-refractivity contribution >= 4 is 0 Å². The van der Waals surface area contributed by atoms with Crippen molar-refractivity contribution in [2.45, 2.75) is 13.8 Å². The van der Waals surface area contributed by atoms with Crippen LogP contribution in [0.3, 0.4) is 0 Å². The van der Waals surface area contributed by atoms with Gasteiger partial charge in [0, 0.05) is 12.3 Å². The fourth-order valence-electron chi connectivity index (χ4n) is 1.22. The molecule has 66 valence electrons. The summed E-state index contributed by atoms with van der Waals surface area (Å²) in [4.78, 5) is 4.23. The molecule has 2 aromatic rings. The highest BCUT2D eigenvalue weighted by Crippen LogP contribution is 2.20. The first-order chi connectivity index (χ1) is 6.27. The van der Waals surface area contributed by atoms with Gasteiger partial charge in [-0.1, -0.05) is 11.2 Å². The Kier molecular flexibility index (Phi) is 1.85. The van der Waals surface area contributed by atoms with Gasteiger partial charge in [-0.05, 0) is 25.5 Å². The van der Waals surface area contributed by atoms with Crippen LogP contribution >= 0.6 is 0 Å². The molecule has 0 aliphatic carbocycles. The molecule has 0 fully saturated rings. The van der Waals surface area contributed by atoms with Gasteiger partial charge < -0.3 is 4.52 Å². The minimum absolute atomic E-state index is 0.732. The summed E-state index contributed by atoms with van der Waals surface area (Å²) in [5.41, 5.74) is 2.84. The zero-order valence-corrected chi connectivity index (χ0v) is 7.61. The van der Waals surface area contributed by atoms with Crippen LogP contribution in [-0.4, -0.2) is 10.1 Å². The van der Waals surface area contributed by atoms with Crippen LogP contribution in [0.15, 0.2) is 28.9 Å². The van der Waals surface area contributed by atoms with Crippen molar-refractivity contribution in [1.82, 2.24) is 10.1 Å². The van der Waals surface area contributed by atoms with E-state index in [0.717, 1.165) is 22.7 Å². The van der Waals surface area contributed by atoms with Gasteiger partial charge in [0.05, 0.1) is 5.69 Å². The molecule has 2 aromatic heterocycles. The zero-order valence-electron chi connectivity index (χ0n) is 7.61. The normalized spacial score (nSPS) is 10.3. The molecule has 0 atom stereocenters. The molecule has 3 nitrogen and oxygen atoms in total. The molecule has 0 aliphatic rings. The van der Waals surface area contributed by atoms with Crippen LogP contribution in [-0.2, 0) is 0 Å². The average molecular weight is 174 g/mol. The van der Waals surface area contributed by atoms with Crippen molar-refractivity contribution in [2.24, 2.45) is 0 Å². The molecule has 2 heterocycles. The molecule has 0 N–H and O–H groups in total. The van der Waals surface area contributed by atoms with Gasteiger partial charge in [-0.2, -0.15) is 0 Å². The lowest BCUT2D eigenvalue weighted by molar-refractivity contribution is 0.425. The van der Waals surface area contributed by atoms with E-state index in [1.165, 1.54) is 0 Å². The van der Waals surface area contributed by atoms with Crippen molar-refractivity contribution in [3.8, 4) is 11.5 Å². The van der Waals surface area contributed by atoms with Crippen LogP contribution in [0.2, 0.25) is 0 Å². The monoisotopic (exact) mass is 174 g/mol. The van der Waals surface area contributed by atoms with E-state index >= 15 is 0 Å². The van der Waals surface area contributed by atoms with Crippen molar-refractivity contribution < 1.29 is 4.52 Å². The van der Waals surface area contributed by atoms with Crippen molar-refractivity contribution in [3.05, 3.63) is 35.7 Å². The van der Waals surface area contributed by atoms with Gasteiger partial charge in [0.15, 0.2) is 5.76 Å². The Bertz CT molecular complexity index is 420. The van der Waals surface area contributed by atoms with E-state index in [1.54, 1.807) is 6.20 Å². The quantitative estimate of drug-likeness (QED) is 0.666. The second-order valence-corrected chi connectivity index (χ2v) is 3.00. The number of pyridine rings is 1. The smallest absolute Gasteiger partial charge is 0.185 e. The van der Waals surface area contributed by atoms with Crippen LogP contribution in [0.4, 0.5) is 0 Å². The highest BCUT2D eigenvalue weighted by Gasteiger charge is 2.07. The summed E-state index contributed by atoms with van der Waals surface area (Å²) >= 11 is 0. The van der Waals surface area contributed by atoms with Crippen LogP contribution in [0.25, 0.3) is 11.5 Å². The van der Waals surface area contributed by atoms with E-state index in [2.05, 4.69) is 10.1 Å². The predicted molar refractivity (Wildman–Crippen MR) is 49.2 cm³/mol. The summed E-state index contributed by atoms with van der Waals surface area (Å²) in [6.07, 6.45) is 1.75. The number of aromatic nitrogens is 2. The molecule has 0 aliphatic heterocycles. The average Bonchev–Trinajstić information content (AvgIpc) is 2.53. The summed E-state index contributed by atoms with van der Waals surface area (Å²) in [6, 6.07) is 5.79. The largest absolute Gasteiger partial charge is 0.354 e. The van der Waals surface area contributed by atoms with E-state index in [-0.39, 0.29) is 0 Å². The number of aryl methyl sites for hydroxylation is 2. The molecule has 0 unspecified atom stereocenters. The van der Waals surface area contributed by atoms with E-state index in [9.17, 15) is 0 Å². The molecule has 0 aromatic carbocycles. The fourth-order valence-corrected chi connectivity index (χ4v) is 1.22. The van der Waals surface area contributed by atoms with E-state index < -0.39 is 0 Å². The summed E-state index contributed by atoms with van der Waals surface area (Å²) < 4.78 is 5.12. The highest BCUT2D eigenvalue weighted by molar-refractivity contribution is 5.56. The van der Waals surface area contributed by atoms with E-state index in [1.807, 2.05) is 32.0 Å². The van der Waals surface area contributed by atoms with Gasteiger partial charge in [-0.25, -0.2) is 0 Å². The van der Waals surface area contributed by atoms with Crippen molar-refractivity contribution in [3.63, 3.8) is 0 Å². The standard InChI is InChI=1S/C10H10N2O/c1-7-4-3-5-11-10(7)9-6-8(2)12-13-9/h3-6H,1-2H3. The first kappa shape index (κ1) is 7.98. The summed E-state index contributed by atoms with van der Waals surface area (Å²) in [6.45, 7) is 3.89. The molecule has 0 radical (unpaired) electrons. The van der Waals surface area contributed by atoms with Gasteiger partial charge >= 0.3 is 0 Å². The van der Waals surface area contributed by atoms with Gasteiger partial charge in [-0.3, -0.25) is 4.98 Å². The van der Waals surface area contributed by atoms with E-state index in [4.69, 9.17) is 4.52 Å². The summed E-state index contributed by atoms with van der Waals surface area (Å²) in [7, 11) is 0. The minimum atomic E-state index is 0.732. The molecule has 2 rings (SSSR count). The third kappa shape index (κ3) is 1.45. The minimum Gasteiger partial charge on any atom is -0.354 e. The lowest BCUT2D eigenvalue weighted by atomic mass is 10.2. The van der Waals surface area contributed by atoms with Crippen LogP contribution in [0.5, 0.6) is 0 Å². The Hall–Kier alpha value is -1.64. The first-order valence-corrected chi connectivity index (χ1v) is 4.12. The van der Waals surface area contributed by atoms with Crippen molar-refractivity contribution in [2.75, 3.05) is 0 Å². The molecular formula is C10H10N2O. The maximum absolute atomic E-state index is 5.12. The Labute approximate surface area is 76.4 Å². The lowest BCUT2D eigenvalue weighted by Crippen LogP contribution is -1.84. The van der Waals surface area contributed by atoms with Crippen LogP contribution < -0.4 is 0 Å². The molecule has 0 saturated carbocycles. The zero-order chi connectivity index (χ0) is 9.26. The molecule has 0 amide bonds. The van der Waals surface area contributed by atoms with Gasteiger partial charge in [-0.15, -0.1) is 0 Å². The number of nitrogens with zero attached hydrogens (tertiary/aromatic N) is 2. The topological polar surface area (TPSA) is 38.9 Å². The molecule has 0 bridgehead atoms. The highest BCUT2D eigenvalue weighted by atomic mass is 16.5. The number of hydrogen-bond donors (Lipinski definition) is 0. The second kappa shape index (κ2) is 3.01. The molecule has 0 saturated heterocycles. The maximum Gasteiger partial charge on any atom is 0.185 e. The number of rotatable bonds is 1. The van der Waals surface area contributed by atoms with Gasteiger partial charge in [0.1, 0.15) is 5.69 Å². The SMILES string of the molecule is Cc1cc(-c2ncccc2C)on1. The van der Waals surface area contributed by atoms with Gasteiger partial charge in [0.2, 0.25) is 0 Å². The Morgan fingerprint density at radius 1 is 1.31 bits per heavy atom. The van der Waals surface area contributed by atoms with E-state index in [0.29, 0.717) is 0 Å². The van der Waals surface area contributed by atoms with Crippen molar-refractivity contribution in [1.29, 1.82) is 0 Å². The molecule has 13 heavy (non-hydrogen) atoms. The third-order valence-electron chi connectivity index (χ3n) is 1.87. The molecular weight excluding hydrogens is 164 g/mol. The maximum atomic E-state index is 5.12. The predicted octanol–water partition coefficient (Wildman–Crippen LogP) is 2.35. The van der Waals surface area contributed by atoms with Crippen LogP contribution in [0.1, 0.15) is 11.3 Å². The Balaban J connectivity index is 2.52. The first-order valence-electron chi connectivity index (χ1n) is 4.12. The van der Waals surface area contributed by atoms with Gasteiger partial charge in [0.25, 0.3) is 0 Å². The summed E-state index contributed by atoms with van der Waals surface area (Å²) in [5.74, 6) is 0.732. The summed E-state index contributed by atoms with van der Waals surface area (Å²) in [5, 5.41) is 3.82. The lowest BCUT2D eigenvalue weighted by Gasteiger charge is -1.97. The Morgan fingerprint density at radius 2 is 2.15 bits per heavy atom. The molecule has 0 spiro atoms.